The number of para-hydroxylation sites is 1. The third kappa shape index (κ3) is 5.90. The number of carbonyl (C=O) groups excluding carboxylic acids is 3. The lowest BCUT2D eigenvalue weighted by atomic mass is 10.2. The fourth-order valence-electron chi connectivity index (χ4n) is 3.66. The van der Waals surface area contributed by atoms with Gasteiger partial charge in [0.15, 0.2) is 0 Å². The molecule has 0 aliphatic heterocycles. The molecule has 2 heterocycles. The van der Waals surface area contributed by atoms with Gasteiger partial charge in [-0.3, -0.25) is 9.59 Å². The zero-order chi connectivity index (χ0) is 27.4. The predicted molar refractivity (Wildman–Crippen MR) is 151 cm³/mol. The largest absolute Gasteiger partial charge is 0.457 e. The molecule has 0 spiro atoms. The van der Waals surface area contributed by atoms with E-state index < -0.39 is 11.9 Å². The van der Waals surface area contributed by atoms with Gasteiger partial charge in [0.1, 0.15) is 10.6 Å². The Kier molecular flexibility index (Phi) is 7.53. The Morgan fingerprint density at radius 3 is 2.54 bits per heavy atom. The number of hydrazone groups is 1. The zero-order valence-electron chi connectivity index (χ0n) is 20.4. The van der Waals surface area contributed by atoms with E-state index in [-0.39, 0.29) is 17.4 Å². The molecule has 2 N–H and O–H groups in total. The lowest BCUT2D eigenvalue weighted by Gasteiger charge is -2.06. The second kappa shape index (κ2) is 11.3. The number of benzene rings is 3. The van der Waals surface area contributed by atoms with Crippen LogP contribution in [-0.4, -0.2) is 24.0 Å². The molecular weight excluding hydrogens is 538 g/mol. The quantitative estimate of drug-likeness (QED) is 0.100. The maximum absolute atomic E-state index is 12.8. The van der Waals surface area contributed by atoms with E-state index in [0.717, 1.165) is 15.6 Å². The van der Waals surface area contributed by atoms with Crippen LogP contribution in [0.3, 0.4) is 0 Å². The van der Waals surface area contributed by atoms with Gasteiger partial charge in [-0.1, -0.05) is 35.9 Å². The Hall–Kier alpha value is -4.73. The number of hydrogen-bond acceptors (Lipinski definition) is 7. The first-order chi connectivity index (χ1) is 18.9. The summed E-state index contributed by atoms with van der Waals surface area (Å²) in [5.74, 6) is -1.12. The van der Waals surface area contributed by atoms with Gasteiger partial charge in [0.25, 0.3) is 11.8 Å². The smallest absolute Gasteiger partial charge is 0.379 e. The SMILES string of the molecule is Cc1ccc2c(Cl)c(C(=O)Nc3ccc(C(=O)N/N=C\c4ccccc4OC(=O)c4ccco4)cc3)sc2c1. The number of aryl methyl sites for hydroxylation is 1. The highest BCUT2D eigenvalue weighted by Gasteiger charge is 2.18. The molecule has 39 heavy (non-hydrogen) atoms. The second-order valence-corrected chi connectivity index (χ2v) is 9.81. The molecule has 0 atom stereocenters. The van der Waals surface area contributed by atoms with Gasteiger partial charge >= 0.3 is 5.97 Å². The number of halogens is 1. The van der Waals surface area contributed by atoms with Gasteiger partial charge in [-0.25, -0.2) is 10.2 Å². The van der Waals surface area contributed by atoms with Crippen LogP contribution in [0.2, 0.25) is 5.02 Å². The molecule has 0 bridgehead atoms. The van der Waals surface area contributed by atoms with Gasteiger partial charge in [-0.05, 0) is 67.1 Å². The van der Waals surface area contributed by atoms with E-state index in [9.17, 15) is 14.4 Å². The van der Waals surface area contributed by atoms with Crippen LogP contribution < -0.4 is 15.5 Å². The topological polar surface area (TPSA) is 110 Å². The Bertz CT molecular complexity index is 1710. The summed E-state index contributed by atoms with van der Waals surface area (Å²) in [6.07, 6.45) is 2.75. The van der Waals surface area contributed by atoms with Crippen LogP contribution in [0.15, 0.2) is 94.6 Å². The van der Waals surface area contributed by atoms with Gasteiger partial charge in [0, 0.05) is 26.9 Å². The van der Waals surface area contributed by atoms with Crippen LogP contribution in [0.1, 0.15) is 41.7 Å². The van der Waals surface area contributed by atoms with Crippen LogP contribution in [-0.2, 0) is 0 Å². The number of carbonyl (C=O) groups is 3. The zero-order valence-corrected chi connectivity index (χ0v) is 22.0. The van der Waals surface area contributed by atoms with Crippen molar-refractivity contribution in [3.63, 3.8) is 0 Å². The van der Waals surface area contributed by atoms with Gasteiger partial charge < -0.3 is 14.5 Å². The van der Waals surface area contributed by atoms with Crippen LogP contribution in [0.5, 0.6) is 5.75 Å². The molecule has 5 rings (SSSR count). The molecule has 5 aromatic rings. The number of thiophene rings is 1. The minimum atomic E-state index is -0.651. The number of furan rings is 1. The van der Waals surface area contributed by atoms with Gasteiger partial charge in [-0.15, -0.1) is 11.3 Å². The maximum atomic E-state index is 12.8. The van der Waals surface area contributed by atoms with Crippen molar-refractivity contribution >= 4 is 62.7 Å². The lowest BCUT2D eigenvalue weighted by Crippen LogP contribution is -2.18. The number of ether oxygens (including phenoxy) is 1. The number of fused-ring (bicyclic) bond motifs is 1. The molecule has 0 radical (unpaired) electrons. The van der Waals surface area contributed by atoms with Crippen molar-refractivity contribution in [3.05, 3.63) is 117 Å². The summed E-state index contributed by atoms with van der Waals surface area (Å²) in [6, 6.07) is 22.0. The van der Waals surface area contributed by atoms with Crippen molar-refractivity contribution in [1.82, 2.24) is 5.43 Å². The fourth-order valence-corrected chi connectivity index (χ4v) is 5.17. The molecule has 3 aromatic carbocycles. The summed E-state index contributed by atoms with van der Waals surface area (Å²) in [4.78, 5) is 38.0. The number of anilines is 1. The first-order valence-electron chi connectivity index (χ1n) is 11.7. The lowest BCUT2D eigenvalue weighted by molar-refractivity contribution is 0.0700. The first-order valence-corrected chi connectivity index (χ1v) is 12.9. The Morgan fingerprint density at radius 2 is 1.77 bits per heavy atom. The molecule has 0 unspecified atom stereocenters. The van der Waals surface area contributed by atoms with E-state index in [0.29, 0.717) is 26.7 Å². The molecule has 0 aliphatic carbocycles. The molecule has 8 nitrogen and oxygen atoms in total. The molecule has 2 aromatic heterocycles. The molecule has 194 valence electrons. The standard InChI is InChI=1S/C29H20ClN3O5S/c1-17-8-13-21-24(15-17)39-26(25(21)30)28(35)32-20-11-9-18(10-12-20)27(34)33-31-16-19-5-2-3-6-22(19)38-29(36)23-7-4-14-37-23/h2-16H,1H3,(H,32,35)(H,33,34)/b31-16-. The fraction of sp³-hybridized carbons (Fsp3) is 0.0345. The minimum Gasteiger partial charge on any atom is -0.457 e. The van der Waals surface area contributed by atoms with Crippen molar-refractivity contribution in [2.45, 2.75) is 6.92 Å². The summed E-state index contributed by atoms with van der Waals surface area (Å²) in [6.45, 7) is 1.98. The number of esters is 1. The second-order valence-electron chi connectivity index (χ2n) is 8.38. The van der Waals surface area contributed by atoms with Crippen molar-refractivity contribution in [1.29, 1.82) is 0 Å². The molecule has 0 fully saturated rings. The third-order valence-electron chi connectivity index (χ3n) is 5.61. The first kappa shape index (κ1) is 25.9. The minimum absolute atomic E-state index is 0.0664. The molecule has 0 saturated carbocycles. The van der Waals surface area contributed by atoms with E-state index in [2.05, 4.69) is 15.8 Å². The van der Waals surface area contributed by atoms with Gasteiger partial charge in [-0.2, -0.15) is 5.10 Å². The molecule has 10 heteroatoms. The summed E-state index contributed by atoms with van der Waals surface area (Å²) in [7, 11) is 0. The van der Waals surface area contributed by atoms with Crippen LogP contribution in [0, 0.1) is 6.92 Å². The molecule has 2 amide bonds. The van der Waals surface area contributed by atoms with E-state index >= 15 is 0 Å². The number of nitrogens with zero attached hydrogens (tertiary/aromatic N) is 1. The van der Waals surface area contributed by atoms with E-state index in [1.165, 1.54) is 29.9 Å². The van der Waals surface area contributed by atoms with Crippen LogP contribution in [0.25, 0.3) is 10.1 Å². The third-order valence-corrected chi connectivity index (χ3v) is 7.27. The highest BCUT2D eigenvalue weighted by molar-refractivity contribution is 7.21. The van der Waals surface area contributed by atoms with E-state index in [1.807, 2.05) is 25.1 Å². The Morgan fingerprint density at radius 1 is 0.974 bits per heavy atom. The number of rotatable bonds is 7. The molecule has 0 aliphatic rings. The summed E-state index contributed by atoms with van der Waals surface area (Å²) in [5, 5.41) is 8.04. The van der Waals surface area contributed by atoms with Gasteiger partial charge in [0.05, 0.1) is 17.5 Å². The summed E-state index contributed by atoms with van der Waals surface area (Å²) in [5.41, 5.74) is 4.84. The highest BCUT2D eigenvalue weighted by Crippen LogP contribution is 2.36. The predicted octanol–water partition coefficient (Wildman–Crippen LogP) is 6.69. The molecular formula is C29H20ClN3O5S. The van der Waals surface area contributed by atoms with Crippen molar-refractivity contribution in [3.8, 4) is 5.75 Å². The number of hydrogen-bond donors (Lipinski definition) is 2. The van der Waals surface area contributed by atoms with Crippen molar-refractivity contribution in [2.75, 3.05) is 5.32 Å². The maximum Gasteiger partial charge on any atom is 0.379 e. The monoisotopic (exact) mass is 557 g/mol. The highest BCUT2D eigenvalue weighted by atomic mass is 35.5. The number of nitrogens with one attached hydrogen (secondary N) is 2. The number of amides is 2. The van der Waals surface area contributed by atoms with Gasteiger partial charge in [0.2, 0.25) is 5.76 Å². The Labute approximate surface area is 231 Å². The average molecular weight is 558 g/mol. The average Bonchev–Trinajstić information content (AvgIpc) is 3.58. The van der Waals surface area contributed by atoms with E-state index in [1.54, 1.807) is 54.6 Å². The van der Waals surface area contributed by atoms with Crippen molar-refractivity contribution < 1.29 is 23.5 Å². The normalized spacial score (nSPS) is 11.0. The molecule has 0 saturated heterocycles. The van der Waals surface area contributed by atoms with Crippen LogP contribution >= 0.6 is 22.9 Å². The Balaban J connectivity index is 1.20. The van der Waals surface area contributed by atoms with Crippen LogP contribution in [0.4, 0.5) is 5.69 Å². The van der Waals surface area contributed by atoms with E-state index in [4.69, 9.17) is 20.8 Å². The van der Waals surface area contributed by atoms with Crippen molar-refractivity contribution in [2.24, 2.45) is 5.10 Å². The summed E-state index contributed by atoms with van der Waals surface area (Å²) >= 11 is 7.77. The summed E-state index contributed by atoms with van der Waals surface area (Å²) < 4.78 is 11.3.